The lowest BCUT2D eigenvalue weighted by molar-refractivity contribution is -0.125. The number of anilines is 1. The van der Waals surface area contributed by atoms with Crippen molar-refractivity contribution in [3.8, 4) is 6.07 Å². The van der Waals surface area contributed by atoms with E-state index < -0.39 is 6.10 Å². The maximum absolute atomic E-state index is 12.2. The summed E-state index contributed by atoms with van der Waals surface area (Å²) in [6.07, 6.45) is -0.197. The van der Waals surface area contributed by atoms with Crippen LogP contribution in [0.1, 0.15) is 17.5 Å². The van der Waals surface area contributed by atoms with Gasteiger partial charge < -0.3 is 10.2 Å². The minimum atomic E-state index is -0.633. The van der Waals surface area contributed by atoms with E-state index in [4.69, 9.17) is 10.1 Å². The highest BCUT2D eigenvalue weighted by atomic mass is 16.6. The molecule has 108 valence electrons. The van der Waals surface area contributed by atoms with Crippen LogP contribution in [0.4, 0.5) is 5.69 Å². The molecule has 22 heavy (non-hydrogen) atoms. The lowest BCUT2D eigenvalue weighted by Crippen LogP contribution is -2.28. The van der Waals surface area contributed by atoms with Gasteiger partial charge in [-0.2, -0.15) is 5.26 Å². The van der Waals surface area contributed by atoms with Gasteiger partial charge in [-0.3, -0.25) is 4.79 Å². The molecule has 1 aliphatic heterocycles. The number of hydrogen-bond donors (Lipinski definition) is 1. The smallest absolute Gasteiger partial charge is 0.268 e. The molecular weight excluding hydrogens is 278 g/mol. The minimum absolute atomic E-state index is 0.251. The number of carbonyl (C=O) groups is 1. The molecule has 1 aliphatic rings. The fourth-order valence-corrected chi connectivity index (χ4v) is 2.17. The first kappa shape index (κ1) is 13.8. The number of benzene rings is 2. The summed E-state index contributed by atoms with van der Waals surface area (Å²) in [5.41, 5.74) is 2.89. The van der Waals surface area contributed by atoms with Crippen molar-refractivity contribution in [1.29, 1.82) is 5.26 Å². The Bertz CT molecular complexity index is 746. The number of carbonyl (C=O) groups excluding carboxylic acids is 1. The molecule has 3 rings (SSSR count). The minimum Gasteiger partial charge on any atom is -0.382 e. The predicted molar refractivity (Wildman–Crippen MR) is 82.3 cm³/mol. The summed E-state index contributed by atoms with van der Waals surface area (Å²) in [5, 5.41) is 15.5. The zero-order valence-electron chi connectivity index (χ0n) is 11.7. The van der Waals surface area contributed by atoms with Crippen LogP contribution in [-0.4, -0.2) is 17.7 Å². The maximum Gasteiger partial charge on any atom is 0.268 e. The van der Waals surface area contributed by atoms with Crippen LogP contribution in [0.25, 0.3) is 0 Å². The normalized spacial score (nSPS) is 16.3. The van der Waals surface area contributed by atoms with Crippen LogP contribution in [0.15, 0.2) is 59.8 Å². The van der Waals surface area contributed by atoms with Gasteiger partial charge in [-0.25, -0.2) is 0 Å². The lowest BCUT2D eigenvalue weighted by atomic mass is 10.0. The molecule has 1 amide bonds. The molecule has 0 bridgehead atoms. The predicted octanol–water partition coefficient (Wildman–Crippen LogP) is 2.69. The summed E-state index contributed by atoms with van der Waals surface area (Å²) in [6, 6.07) is 18.3. The van der Waals surface area contributed by atoms with E-state index in [0.29, 0.717) is 17.7 Å². The average molecular weight is 291 g/mol. The van der Waals surface area contributed by atoms with Crippen molar-refractivity contribution >= 4 is 17.3 Å². The average Bonchev–Trinajstić information content (AvgIpc) is 3.06. The van der Waals surface area contributed by atoms with Crippen molar-refractivity contribution < 1.29 is 9.63 Å². The van der Waals surface area contributed by atoms with Crippen LogP contribution in [0.5, 0.6) is 0 Å². The van der Waals surface area contributed by atoms with Crippen molar-refractivity contribution in [2.45, 2.75) is 12.5 Å². The summed E-state index contributed by atoms with van der Waals surface area (Å²) < 4.78 is 0. The van der Waals surface area contributed by atoms with Gasteiger partial charge in [-0.05, 0) is 29.8 Å². The van der Waals surface area contributed by atoms with Crippen LogP contribution in [0.2, 0.25) is 0 Å². The quantitative estimate of drug-likeness (QED) is 0.944. The summed E-state index contributed by atoms with van der Waals surface area (Å²) in [6.45, 7) is 0. The third-order valence-corrected chi connectivity index (χ3v) is 3.35. The molecule has 0 aliphatic carbocycles. The van der Waals surface area contributed by atoms with E-state index in [2.05, 4.69) is 10.5 Å². The summed E-state index contributed by atoms with van der Waals surface area (Å²) >= 11 is 0. The van der Waals surface area contributed by atoms with Crippen molar-refractivity contribution in [2.24, 2.45) is 5.16 Å². The topological polar surface area (TPSA) is 74.5 Å². The Morgan fingerprint density at radius 2 is 1.91 bits per heavy atom. The summed E-state index contributed by atoms with van der Waals surface area (Å²) in [7, 11) is 0. The van der Waals surface area contributed by atoms with Gasteiger partial charge in [0.15, 0.2) is 0 Å². The van der Waals surface area contributed by atoms with Crippen LogP contribution < -0.4 is 5.32 Å². The highest BCUT2D eigenvalue weighted by Crippen LogP contribution is 2.18. The van der Waals surface area contributed by atoms with E-state index in [1.165, 1.54) is 0 Å². The zero-order chi connectivity index (χ0) is 15.4. The number of nitrogens with zero attached hydrogens (tertiary/aromatic N) is 2. The van der Waals surface area contributed by atoms with Crippen LogP contribution in [0, 0.1) is 11.3 Å². The fourth-order valence-electron chi connectivity index (χ4n) is 2.17. The second-order valence-electron chi connectivity index (χ2n) is 4.88. The Morgan fingerprint density at radius 3 is 2.59 bits per heavy atom. The SMILES string of the molecule is N#Cc1ccc(NC(=O)C2CC(c3ccccc3)=NO2)cc1. The molecule has 2 aromatic carbocycles. The molecule has 1 heterocycles. The van der Waals surface area contributed by atoms with Gasteiger partial charge in [0.2, 0.25) is 6.10 Å². The fraction of sp³-hybridized carbons (Fsp3) is 0.118. The second kappa shape index (κ2) is 6.10. The molecule has 0 saturated heterocycles. The van der Waals surface area contributed by atoms with Gasteiger partial charge in [-0.15, -0.1) is 0 Å². The molecule has 5 heteroatoms. The van der Waals surface area contributed by atoms with Gasteiger partial charge in [0.25, 0.3) is 5.91 Å². The Kier molecular flexibility index (Phi) is 3.84. The number of rotatable bonds is 3. The van der Waals surface area contributed by atoms with E-state index in [0.717, 1.165) is 11.3 Å². The summed E-state index contributed by atoms with van der Waals surface area (Å²) in [5.74, 6) is -0.251. The second-order valence-corrected chi connectivity index (χ2v) is 4.88. The number of amides is 1. The molecular formula is C17H13N3O2. The highest BCUT2D eigenvalue weighted by molar-refractivity contribution is 6.06. The molecule has 0 aromatic heterocycles. The third kappa shape index (κ3) is 2.96. The number of hydrogen-bond acceptors (Lipinski definition) is 4. The third-order valence-electron chi connectivity index (χ3n) is 3.35. The first-order valence-electron chi connectivity index (χ1n) is 6.85. The van der Waals surface area contributed by atoms with Crippen molar-refractivity contribution in [2.75, 3.05) is 5.32 Å². The maximum atomic E-state index is 12.2. The molecule has 0 fully saturated rings. The summed E-state index contributed by atoms with van der Waals surface area (Å²) in [4.78, 5) is 17.4. The van der Waals surface area contributed by atoms with E-state index in [9.17, 15) is 4.79 Å². The van der Waals surface area contributed by atoms with Crippen LogP contribution >= 0.6 is 0 Å². The number of nitrogens with one attached hydrogen (secondary N) is 1. The molecule has 5 nitrogen and oxygen atoms in total. The van der Waals surface area contributed by atoms with Crippen LogP contribution in [0.3, 0.4) is 0 Å². The highest BCUT2D eigenvalue weighted by Gasteiger charge is 2.28. The Hall–Kier alpha value is -3.13. The van der Waals surface area contributed by atoms with Gasteiger partial charge >= 0.3 is 0 Å². The van der Waals surface area contributed by atoms with Gasteiger partial charge in [0.1, 0.15) is 0 Å². The zero-order valence-corrected chi connectivity index (χ0v) is 11.7. The Labute approximate surface area is 127 Å². The van der Waals surface area contributed by atoms with Crippen molar-refractivity contribution in [3.63, 3.8) is 0 Å². The number of nitriles is 1. The molecule has 1 N–H and O–H groups in total. The molecule has 0 spiro atoms. The van der Waals surface area contributed by atoms with Crippen molar-refractivity contribution in [1.82, 2.24) is 0 Å². The standard InChI is InChI=1S/C17H13N3O2/c18-11-12-6-8-14(9-7-12)19-17(21)16-10-15(20-22-16)13-4-2-1-3-5-13/h1-9,16H,10H2,(H,19,21). The van der Waals surface area contributed by atoms with E-state index in [1.807, 2.05) is 36.4 Å². The largest absolute Gasteiger partial charge is 0.382 e. The monoisotopic (exact) mass is 291 g/mol. The molecule has 0 saturated carbocycles. The van der Waals surface area contributed by atoms with Gasteiger partial charge in [-0.1, -0.05) is 35.5 Å². The molecule has 1 unspecified atom stereocenters. The molecule has 0 radical (unpaired) electrons. The molecule has 2 aromatic rings. The molecule has 1 atom stereocenters. The first-order chi connectivity index (χ1) is 10.8. The van der Waals surface area contributed by atoms with Gasteiger partial charge in [0.05, 0.1) is 17.3 Å². The van der Waals surface area contributed by atoms with E-state index in [-0.39, 0.29) is 5.91 Å². The Balaban J connectivity index is 1.62. The van der Waals surface area contributed by atoms with Crippen LogP contribution in [-0.2, 0) is 9.63 Å². The first-order valence-corrected chi connectivity index (χ1v) is 6.85. The van der Waals surface area contributed by atoms with E-state index in [1.54, 1.807) is 24.3 Å². The van der Waals surface area contributed by atoms with Crippen molar-refractivity contribution in [3.05, 3.63) is 65.7 Å². The van der Waals surface area contributed by atoms with E-state index >= 15 is 0 Å². The Morgan fingerprint density at radius 1 is 1.18 bits per heavy atom. The number of oxime groups is 1. The van der Waals surface area contributed by atoms with Gasteiger partial charge in [0, 0.05) is 12.1 Å². The lowest BCUT2D eigenvalue weighted by Gasteiger charge is -2.09.